The van der Waals surface area contributed by atoms with Crippen molar-refractivity contribution < 1.29 is 21.6 Å². The van der Waals surface area contributed by atoms with Gasteiger partial charge in [0.2, 0.25) is 9.05 Å². The van der Waals surface area contributed by atoms with Crippen LogP contribution in [0.15, 0.2) is 12.1 Å². The number of alkyl halides is 1. The van der Waals surface area contributed by atoms with E-state index in [1.165, 1.54) is 0 Å². The largest absolute Gasteiger partial charge is 0.246 e. The highest BCUT2D eigenvalue weighted by molar-refractivity contribution is 8.13. The first-order chi connectivity index (χ1) is 6.83. The van der Waals surface area contributed by atoms with Crippen LogP contribution in [0.1, 0.15) is 11.1 Å². The first-order valence-electron chi connectivity index (χ1n) is 3.78. The second-order valence-electron chi connectivity index (χ2n) is 2.87. The molecule has 0 atom stereocenters. The number of benzene rings is 1. The molecular formula is C8H6ClF3O2S. The van der Waals surface area contributed by atoms with Gasteiger partial charge in [0.05, 0.1) is 5.75 Å². The molecule has 0 N–H and O–H groups in total. The molecule has 0 heterocycles. The predicted octanol–water partition coefficient (Wildman–Crippen LogP) is 2.50. The van der Waals surface area contributed by atoms with E-state index in [0.717, 1.165) is 6.07 Å². The van der Waals surface area contributed by atoms with E-state index in [-0.39, 0.29) is 5.56 Å². The number of halogens is 4. The molecule has 7 heteroatoms. The van der Waals surface area contributed by atoms with Gasteiger partial charge in [-0.25, -0.2) is 21.6 Å². The van der Waals surface area contributed by atoms with Crippen LogP contribution in [-0.2, 0) is 21.5 Å². The molecule has 0 aliphatic heterocycles. The Morgan fingerprint density at radius 2 is 1.87 bits per heavy atom. The van der Waals surface area contributed by atoms with Crippen molar-refractivity contribution in [3.63, 3.8) is 0 Å². The quantitative estimate of drug-likeness (QED) is 0.781. The molecule has 15 heavy (non-hydrogen) atoms. The van der Waals surface area contributed by atoms with Crippen LogP contribution in [0.25, 0.3) is 0 Å². The molecule has 0 radical (unpaired) electrons. The third-order valence-electron chi connectivity index (χ3n) is 1.65. The molecule has 2 nitrogen and oxygen atoms in total. The Balaban J connectivity index is 3.22. The molecule has 1 aromatic rings. The minimum absolute atomic E-state index is 0.135. The Bertz CT molecular complexity index is 473. The first-order valence-corrected chi connectivity index (χ1v) is 6.26. The Morgan fingerprint density at radius 3 is 2.33 bits per heavy atom. The third-order valence-corrected chi connectivity index (χ3v) is 2.63. The van der Waals surface area contributed by atoms with Gasteiger partial charge >= 0.3 is 0 Å². The average molecular weight is 259 g/mol. The van der Waals surface area contributed by atoms with Crippen molar-refractivity contribution in [2.75, 3.05) is 0 Å². The van der Waals surface area contributed by atoms with Gasteiger partial charge in [-0.2, -0.15) is 0 Å². The Morgan fingerprint density at radius 1 is 1.27 bits per heavy atom. The molecule has 84 valence electrons. The fourth-order valence-electron chi connectivity index (χ4n) is 1.08. The Hall–Kier alpha value is -0.750. The predicted molar refractivity (Wildman–Crippen MR) is 49.6 cm³/mol. The second kappa shape index (κ2) is 4.40. The molecule has 0 unspecified atom stereocenters. The van der Waals surface area contributed by atoms with E-state index >= 15 is 0 Å². The SMILES string of the molecule is O=S(=O)(Cl)Cc1cc(CF)cc(F)c1F. The van der Waals surface area contributed by atoms with Crippen LogP contribution in [0.5, 0.6) is 0 Å². The van der Waals surface area contributed by atoms with Gasteiger partial charge in [0.25, 0.3) is 0 Å². The fourth-order valence-corrected chi connectivity index (χ4v) is 2.01. The van der Waals surface area contributed by atoms with Gasteiger partial charge in [-0.1, -0.05) is 0 Å². The molecule has 0 aliphatic carbocycles. The molecule has 0 aromatic heterocycles. The van der Waals surface area contributed by atoms with E-state index < -0.39 is 38.7 Å². The van der Waals surface area contributed by atoms with Crippen LogP contribution in [0.4, 0.5) is 13.2 Å². The lowest BCUT2D eigenvalue weighted by molar-refractivity contribution is 0.469. The van der Waals surface area contributed by atoms with E-state index in [2.05, 4.69) is 0 Å². The van der Waals surface area contributed by atoms with Crippen molar-refractivity contribution in [1.29, 1.82) is 0 Å². The lowest BCUT2D eigenvalue weighted by Crippen LogP contribution is -2.02. The third kappa shape index (κ3) is 3.39. The molecule has 0 aliphatic rings. The van der Waals surface area contributed by atoms with E-state index in [1.807, 2.05) is 0 Å². The van der Waals surface area contributed by atoms with Crippen molar-refractivity contribution in [1.82, 2.24) is 0 Å². The van der Waals surface area contributed by atoms with Crippen LogP contribution in [0, 0.1) is 11.6 Å². The summed E-state index contributed by atoms with van der Waals surface area (Å²) in [5, 5.41) is 0. The molecule has 0 saturated heterocycles. The zero-order valence-electron chi connectivity index (χ0n) is 7.31. The van der Waals surface area contributed by atoms with E-state index in [0.29, 0.717) is 6.07 Å². The van der Waals surface area contributed by atoms with Gasteiger partial charge in [0, 0.05) is 16.2 Å². The number of rotatable bonds is 3. The lowest BCUT2D eigenvalue weighted by atomic mass is 10.1. The summed E-state index contributed by atoms with van der Waals surface area (Å²) in [7, 11) is 0.879. The molecule has 1 aromatic carbocycles. The van der Waals surface area contributed by atoms with Crippen LogP contribution < -0.4 is 0 Å². The standard InChI is InChI=1S/C8H6ClF3O2S/c9-15(13,14)4-6-1-5(3-10)2-7(11)8(6)12/h1-2H,3-4H2. The van der Waals surface area contributed by atoms with Crippen molar-refractivity contribution in [3.8, 4) is 0 Å². The molecule has 0 fully saturated rings. The smallest absolute Gasteiger partial charge is 0.236 e. The topological polar surface area (TPSA) is 34.1 Å². The zero-order chi connectivity index (χ0) is 11.6. The summed E-state index contributed by atoms with van der Waals surface area (Å²) >= 11 is 0. The van der Waals surface area contributed by atoms with Gasteiger partial charge in [-0.05, 0) is 17.7 Å². The van der Waals surface area contributed by atoms with Crippen LogP contribution in [-0.4, -0.2) is 8.42 Å². The minimum Gasteiger partial charge on any atom is -0.246 e. The van der Waals surface area contributed by atoms with Crippen LogP contribution >= 0.6 is 10.7 Å². The monoisotopic (exact) mass is 258 g/mol. The molecule has 0 bridgehead atoms. The molecule has 0 amide bonds. The summed E-state index contributed by atoms with van der Waals surface area (Å²) in [5.74, 6) is -3.48. The minimum atomic E-state index is -4.00. The van der Waals surface area contributed by atoms with Gasteiger partial charge < -0.3 is 0 Å². The zero-order valence-corrected chi connectivity index (χ0v) is 8.88. The fraction of sp³-hybridized carbons (Fsp3) is 0.250. The molecule has 1 rings (SSSR count). The summed E-state index contributed by atoms with van der Waals surface area (Å²) in [5.41, 5.74) is -0.609. The van der Waals surface area contributed by atoms with Crippen molar-refractivity contribution in [2.45, 2.75) is 12.4 Å². The highest BCUT2D eigenvalue weighted by Gasteiger charge is 2.16. The number of hydrogen-bond acceptors (Lipinski definition) is 2. The molecular weight excluding hydrogens is 253 g/mol. The van der Waals surface area contributed by atoms with E-state index in [9.17, 15) is 21.6 Å². The molecule has 0 saturated carbocycles. The summed E-state index contributed by atoms with van der Waals surface area (Å²) < 4.78 is 59.3. The highest BCUT2D eigenvalue weighted by atomic mass is 35.7. The van der Waals surface area contributed by atoms with Crippen molar-refractivity contribution in [2.24, 2.45) is 0 Å². The van der Waals surface area contributed by atoms with Gasteiger partial charge in [-0.3, -0.25) is 0 Å². The Kier molecular flexibility index (Phi) is 3.62. The van der Waals surface area contributed by atoms with Gasteiger partial charge in [0.1, 0.15) is 6.67 Å². The molecule has 0 spiro atoms. The normalized spacial score (nSPS) is 11.7. The summed E-state index contributed by atoms with van der Waals surface area (Å²) in [6.45, 7) is -1.01. The maximum absolute atomic E-state index is 13.0. The Labute approximate surface area is 89.1 Å². The van der Waals surface area contributed by atoms with Gasteiger partial charge in [-0.15, -0.1) is 0 Å². The highest BCUT2D eigenvalue weighted by Crippen LogP contribution is 2.19. The maximum Gasteiger partial charge on any atom is 0.236 e. The van der Waals surface area contributed by atoms with Crippen LogP contribution in [0.3, 0.4) is 0 Å². The summed E-state index contributed by atoms with van der Waals surface area (Å²) in [6.07, 6.45) is 0. The maximum atomic E-state index is 13.0. The van der Waals surface area contributed by atoms with Gasteiger partial charge in [0.15, 0.2) is 11.6 Å². The first kappa shape index (κ1) is 12.3. The lowest BCUT2D eigenvalue weighted by Gasteiger charge is -2.04. The van der Waals surface area contributed by atoms with Crippen molar-refractivity contribution in [3.05, 3.63) is 34.9 Å². The summed E-state index contributed by atoms with van der Waals surface area (Å²) in [6, 6.07) is 1.60. The van der Waals surface area contributed by atoms with Crippen molar-refractivity contribution >= 4 is 19.7 Å². The van der Waals surface area contributed by atoms with Crippen LogP contribution in [0.2, 0.25) is 0 Å². The second-order valence-corrected chi connectivity index (χ2v) is 5.64. The average Bonchev–Trinajstić information content (AvgIpc) is 2.10. The van der Waals surface area contributed by atoms with E-state index in [1.54, 1.807) is 0 Å². The number of hydrogen-bond donors (Lipinski definition) is 0. The van der Waals surface area contributed by atoms with E-state index in [4.69, 9.17) is 10.7 Å². The summed E-state index contributed by atoms with van der Waals surface area (Å²) in [4.78, 5) is 0.